The van der Waals surface area contributed by atoms with Gasteiger partial charge in [-0.1, -0.05) is 30.6 Å². The van der Waals surface area contributed by atoms with Crippen LogP contribution in [-0.4, -0.2) is 38.1 Å². The van der Waals surface area contributed by atoms with Crippen molar-refractivity contribution in [1.82, 2.24) is 19.7 Å². The molecule has 0 aliphatic carbocycles. The molecule has 0 unspecified atom stereocenters. The van der Waals surface area contributed by atoms with Crippen LogP contribution in [0, 0.1) is 5.95 Å². The van der Waals surface area contributed by atoms with Crippen LogP contribution in [0.1, 0.15) is 41.2 Å². The summed E-state index contributed by atoms with van der Waals surface area (Å²) in [5.41, 5.74) is 0.695. The Bertz CT molecular complexity index is 1140. The van der Waals surface area contributed by atoms with Crippen LogP contribution in [0.25, 0.3) is 0 Å². The van der Waals surface area contributed by atoms with Gasteiger partial charge in [-0.15, -0.1) is 0 Å². The molecule has 164 valence electrons. The number of carbonyl (C=O) groups excluding carboxylic acids is 2. The third-order valence-electron chi connectivity index (χ3n) is 4.41. The number of fused-ring (bicyclic) bond motifs is 1. The van der Waals surface area contributed by atoms with Gasteiger partial charge in [0.05, 0.1) is 40.2 Å². The number of aromatic nitrogens is 4. The summed E-state index contributed by atoms with van der Waals surface area (Å²) >= 11 is 12.0. The molecule has 0 fully saturated rings. The molecule has 31 heavy (non-hydrogen) atoms. The summed E-state index contributed by atoms with van der Waals surface area (Å²) < 4.78 is 14.7. The molecule has 2 aromatic heterocycles. The van der Waals surface area contributed by atoms with Crippen molar-refractivity contribution >= 4 is 60.0 Å². The monoisotopic (exact) mass is 484 g/mol. The number of carbonyl (C=O) groups is 2. The molecule has 1 aliphatic rings. The van der Waals surface area contributed by atoms with Crippen molar-refractivity contribution in [2.45, 2.75) is 20.4 Å². The van der Waals surface area contributed by atoms with Crippen molar-refractivity contribution in [3.8, 4) is 0 Å². The fraction of sp³-hybridized carbons (Fsp3) is 0.211. The molecule has 8 nitrogen and oxygen atoms in total. The van der Waals surface area contributed by atoms with Crippen LogP contribution in [0.15, 0.2) is 36.8 Å². The Balaban J connectivity index is 0.00000171. The van der Waals surface area contributed by atoms with Crippen LogP contribution in [0.4, 0.5) is 15.9 Å². The van der Waals surface area contributed by atoms with E-state index in [2.05, 4.69) is 20.4 Å². The van der Waals surface area contributed by atoms with Crippen molar-refractivity contribution < 1.29 is 14.0 Å². The molecule has 12 heteroatoms. The van der Waals surface area contributed by atoms with Crippen molar-refractivity contribution in [3.05, 3.63) is 64.0 Å². The summed E-state index contributed by atoms with van der Waals surface area (Å²) in [5.74, 6) is -1.99. The zero-order valence-corrected chi connectivity index (χ0v) is 17.9. The number of nitrogens with one attached hydrogen (secondary N) is 1. The Hall–Kier alpha value is -2.69. The molecule has 3 heterocycles. The quantitative estimate of drug-likeness (QED) is 0.596. The van der Waals surface area contributed by atoms with E-state index in [1.165, 1.54) is 22.0 Å². The van der Waals surface area contributed by atoms with Gasteiger partial charge in [-0.05, 0) is 25.1 Å². The van der Waals surface area contributed by atoms with Crippen molar-refractivity contribution in [1.29, 1.82) is 0 Å². The largest absolute Gasteiger partial charge is 0.305 e. The number of amides is 2. The normalized spacial score (nSPS) is 14.9. The first-order valence-electron chi connectivity index (χ1n) is 8.48. The van der Waals surface area contributed by atoms with Gasteiger partial charge in [0.15, 0.2) is 5.82 Å². The summed E-state index contributed by atoms with van der Waals surface area (Å²) in [4.78, 5) is 34.5. The molecule has 0 radical (unpaired) electrons. The molecular formula is C19H19Cl2FN6O2S. The lowest BCUT2D eigenvalue weighted by Crippen LogP contribution is -2.43. The second-order valence-corrected chi connectivity index (χ2v) is 7.21. The number of hydrogen-bond acceptors (Lipinski definition) is 5. The van der Waals surface area contributed by atoms with E-state index in [-0.39, 0.29) is 44.0 Å². The molecular weight excluding hydrogens is 466 g/mol. The van der Waals surface area contributed by atoms with E-state index in [0.717, 1.165) is 6.20 Å². The van der Waals surface area contributed by atoms with Gasteiger partial charge >= 0.3 is 0 Å². The number of hydrogen-bond donors (Lipinski definition) is 1. The van der Waals surface area contributed by atoms with Crippen molar-refractivity contribution in [3.63, 3.8) is 0 Å². The average Bonchev–Trinajstić information content (AvgIpc) is 3.13. The zero-order valence-electron chi connectivity index (χ0n) is 15.4. The fourth-order valence-electron chi connectivity index (χ4n) is 3.09. The van der Waals surface area contributed by atoms with E-state index < -0.39 is 17.8 Å². The van der Waals surface area contributed by atoms with Crippen LogP contribution in [0.5, 0.6) is 0 Å². The standard InChI is InChI=1S/C18H13Cl2FN6O2.CH4.H2S/c1-9-8-26(10-2-3-12(19)13(20)4-10)18(29)16-11(5-23-27(9)16)17(28)25-15-7-22-6-14(21)24-15;;/h2-7,9H,8H2,1H3,(H,24,25,28);1H4;1H2/t9-;;/m0../s1. The Morgan fingerprint density at radius 3 is 2.65 bits per heavy atom. The van der Waals surface area contributed by atoms with Gasteiger partial charge in [-0.2, -0.15) is 28.0 Å². The first kappa shape index (κ1) is 24.6. The van der Waals surface area contributed by atoms with Crippen LogP contribution < -0.4 is 10.2 Å². The lowest BCUT2D eigenvalue weighted by Gasteiger charge is -2.32. The minimum Gasteiger partial charge on any atom is -0.305 e. The van der Waals surface area contributed by atoms with Crippen LogP contribution in [0.3, 0.4) is 0 Å². The highest BCUT2D eigenvalue weighted by molar-refractivity contribution is 7.59. The van der Waals surface area contributed by atoms with E-state index in [1.807, 2.05) is 6.92 Å². The maximum absolute atomic E-state index is 13.2. The number of benzene rings is 1. The Kier molecular flexibility index (Phi) is 7.63. The smallest absolute Gasteiger partial charge is 0.277 e. The fourth-order valence-corrected chi connectivity index (χ4v) is 3.38. The number of halogens is 3. The number of rotatable bonds is 3. The van der Waals surface area contributed by atoms with E-state index in [4.69, 9.17) is 23.2 Å². The summed E-state index contributed by atoms with van der Waals surface area (Å²) in [7, 11) is 0. The van der Waals surface area contributed by atoms with Gasteiger partial charge in [-0.3, -0.25) is 19.3 Å². The van der Waals surface area contributed by atoms with E-state index in [9.17, 15) is 14.0 Å². The van der Waals surface area contributed by atoms with Crippen LogP contribution in [-0.2, 0) is 0 Å². The van der Waals surface area contributed by atoms with Gasteiger partial charge in [0.1, 0.15) is 5.69 Å². The van der Waals surface area contributed by atoms with Gasteiger partial charge in [0.2, 0.25) is 5.95 Å². The van der Waals surface area contributed by atoms with Gasteiger partial charge < -0.3 is 10.2 Å². The Morgan fingerprint density at radius 1 is 1.23 bits per heavy atom. The molecule has 0 spiro atoms. The van der Waals surface area contributed by atoms with Crippen LogP contribution >= 0.6 is 36.7 Å². The third kappa shape index (κ3) is 4.65. The predicted molar refractivity (Wildman–Crippen MR) is 122 cm³/mol. The molecule has 3 aromatic rings. The maximum atomic E-state index is 13.2. The average molecular weight is 485 g/mol. The minimum atomic E-state index is -0.838. The summed E-state index contributed by atoms with van der Waals surface area (Å²) in [5, 5.41) is 7.29. The highest BCUT2D eigenvalue weighted by Gasteiger charge is 2.35. The van der Waals surface area contributed by atoms with Gasteiger partial charge in [0, 0.05) is 12.2 Å². The highest BCUT2D eigenvalue weighted by atomic mass is 35.5. The van der Waals surface area contributed by atoms with Gasteiger partial charge in [-0.25, -0.2) is 0 Å². The molecule has 2 amide bonds. The van der Waals surface area contributed by atoms with E-state index in [0.29, 0.717) is 22.3 Å². The minimum absolute atomic E-state index is 0. The van der Waals surface area contributed by atoms with E-state index >= 15 is 0 Å². The molecule has 1 aromatic carbocycles. The second-order valence-electron chi connectivity index (χ2n) is 6.40. The maximum Gasteiger partial charge on any atom is 0.277 e. The lowest BCUT2D eigenvalue weighted by molar-refractivity contribution is 0.0939. The van der Waals surface area contributed by atoms with Gasteiger partial charge in [0.25, 0.3) is 11.8 Å². The molecule has 1 N–H and O–H groups in total. The lowest BCUT2D eigenvalue weighted by atomic mass is 10.1. The van der Waals surface area contributed by atoms with Crippen LogP contribution in [0.2, 0.25) is 10.0 Å². The summed E-state index contributed by atoms with van der Waals surface area (Å²) in [6, 6.07) is 4.65. The third-order valence-corrected chi connectivity index (χ3v) is 5.15. The molecule has 0 bridgehead atoms. The summed E-state index contributed by atoms with van der Waals surface area (Å²) in [6.45, 7) is 2.20. The SMILES string of the molecule is C.C[C@H]1CN(c2ccc(Cl)c(Cl)c2)C(=O)c2c(C(=O)Nc3cncc(F)n3)cnn21.S. The van der Waals surface area contributed by atoms with Crippen molar-refractivity contribution in [2.75, 3.05) is 16.8 Å². The first-order chi connectivity index (χ1) is 13.8. The predicted octanol–water partition coefficient (Wildman–Crippen LogP) is 4.34. The molecule has 1 aliphatic heterocycles. The highest BCUT2D eigenvalue weighted by Crippen LogP contribution is 2.32. The zero-order chi connectivity index (χ0) is 20.7. The Morgan fingerprint density at radius 2 is 1.97 bits per heavy atom. The van der Waals surface area contributed by atoms with E-state index in [1.54, 1.807) is 18.2 Å². The summed E-state index contributed by atoms with van der Waals surface area (Å²) in [6.07, 6.45) is 3.41. The number of anilines is 2. The Labute approximate surface area is 194 Å². The molecule has 1 atom stereocenters. The molecule has 0 saturated carbocycles. The first-order valence-corrected chi connectivity index (χ1v) is 9.24. The topological polar surface area (TPSA) is 93.0 Å². The number of nitrogens with zero attached hydrogens (tertiary/aromatic N) is 5. The van der Waals surface area contributed by atoms with Crippen molar-refractivity contribution in [2.24, 2.45) is 0 Å². The molecule has 4 rings (SSSR count). The second kappa shape index (κ2) is 9.63. The molecule has 0 saturated heterocycles.